The van der Waals surface area contributed by atoms with Crippen LogP contribution in [0.4, 0.5) is 13.2 Å². The van der Waals surface area contributed by atoms with E-state index in [2.05, 4.69) is 10.6 Å². The number of amides is 2. The summed E-state index contributed by atoms with van der Waals surface area (Å²) < 4.78 is 49.9. The monoisotopic (exact) mass is 557 g/mol. The quantitative estimate of drug-likeness (QED) is 0.342. The molecule has 3 aromatic carbocycles. The predicted octanol–water partition coefficient (Wildman–Crippen LogP) is 4.55. The van der Waals surface area contributed by atoms with Crippen LogP contribution in [0.25, 0.3) is 11.1 Å². The summed E-state index contributed by atoms with van der Waals surface area (Å²) in [5, 5.41) is 5.68. The molecular weight excluding hydrogens is 523 g/mol. The van der Waals surface area contributed by atoms with Crippen molar-refractivity contribution in [2.75, 3.05) is 41.4 Å². The molecule has 2 N–H and O–H groups in total. The molecule has 7 nitrogen and oxygen atoms in total. The van der Waals surface area contributed by atoms with Gasteiger partial charge >= 0.3 is 6.18 Å². The van der Waals surface area contributed by atoms with E-state index in [1.165, 1.54) is 13.2 Å². The summed E-state index contributed by atoms with van der Waals surface area (Å²) >= 11 is 0. The number of ether oxygens (including phenoxy) is 2. The zero-order valence-electron chi connectivity index (χ0n) is 23.0. The maximum atomic E-state index is 13.2. The Labute approximate surface area is 232 Å². The van der Waals surface area contributed by atoms with Gasteiger partial charge < -0.3 is 25.0 Å². The fourth-order valence-electron chi connectivity index (χ4n) is 4.11. The molecule has 0 bridgehead atoms. The first-order valence-corrected chi connectivity index (χ1v) is 12.7. The third kappa shape index (κ3) is 8.56. The van der Waals surface area contributed by atoms with E-state index in [4.69, 9.17) is 9.47 Å². The number of carbonyl (C=O) groups excluding carboxylic acids is 2. The van der Waals surface area contributed by atoms with E-state index in [0.717, 1.165) is 17.7 Å². The molecule has 1 atom stereocenters. The second-order valence-corrected chi connectivity index (χ2v) is 9.56. The minimum Gasteiger partial charge on any atom is -0.496 e. The lowest BCUT2D eigenvalue weighted by Crippen LogP contribution is -2.49. The van der Waals surface area contributed by atoms with Crippen LogP contribution in [0.3, 0.4) is 0 Å². The number of rotatable bonds is 12. The first-order chi connectivity index (χ1) is 19.0. The molecule has 0 heterocycles. The summed E-state index contributed by atoms with van der Waals surface area (Å²) in [4.78, 5) is 28.2. The van der Waals surface area contributed by atoms with Crippen LogP contribution in [0.2, 0.25) is 0 Å². The van der Waals surface area contributed by atoms with Crippen LogP contribution in [0, 0.1) is 0 Å². The lowest BCUT2D eigenvalue weighted by Gasteiger charge is -2.20. The smallest absolute Gasteiger partial charge is 0.416 e. The van der Waals surface area contributed by atoms with E-state index >= 15 is 0 Å². The van der Waals surface area contributed by atoms with Crippen molar-refractivity contribution in [2.45, 2.75) is 25.2 Å². The Morgan fingerprint density at radius 1 is 0.950 bits per heavy atom. The number of carbonyl (C=O) groups is 2. The number of benzene rings is 3. The summed E-state index contributed by atoms with van der Waals surface area (Å²) in [6.07, 6.45) is -4.25. The third-order valence-corrected chi connectivity index (χ3v) is 6.24. The van der Waals surface area contributed by atoms with E-state index in [9.17, 15) is 22.8 Å². The zero-order chi connectivity index (χ0) is 29.3. The van der Waals surface area contributed by atoms with E-state index in [0.29, 0.717) is 41.1 Å². The van der Waals surface area contributed by atoms with E-state index in [-0.39, 0.29) is 18.9 Å². The molecule has 10 heteroatoms. The molecule has 0 spiro atoms. The normalized spacial score (nSPS) is 12.2. The van der Waals surface area contributed by atoms with Gasteiger partial charge in [-0.05, 0) is 61.1 Å². The van der Waals surface area contributed by atoms with Crippen LogP contribution < -0.4 is 15.4 Å². The minimum atomic E-state index is -4.43. The molecule has 0 aliphatic rings. The largest absolute Gasteiger partial charge is 0.496 e. The second-order valence-electron chi connectivity index (χ2n) is 9.56. The van der Waals surface area contributed by atoms with Crippen LogP contribution in [-0.4, -0.2) is 64.2 Å². The molecular formula is C30H34F3N3O4. The molecule has 0 saturated carbocycles. The lowest BCUT2D eigenvalue weighted by atomic mass is 9.98. The van der Waals surface area contributed by atoms with Crippen LogP contribution in [0.5, 0.6) is 5.75 Å². The average molecular weight is 558 g/mol. The highest BCUT2D eigenvalue weighted by Crippen LogP contribution is 2.32. The van der Waals surface area contributed by atoms with Crippen LogP contribution >= 0.6 is 0 Å². The van der Waals surface area contributed by atoms with Crippen LogP contribution in [0.1, 0.15) is 27.0 Å². The minimum absolute atomic E-state index is 0.184. The van der Waals surface area contributed by atoms with Crippen molar-refractivity contribution in [1.29, 1.82) is 0 Å². The molecule has 0 fully saturated rings. The fourth-order valence-corrected chi connectivity index (χ4v) is 4.11. The molecule has 214 valence electrons. The SMILES string of the molecule is COCc1cc(C(=O)N[C@H](Cc2ccc(-c3cccc(C(F)(F)F)c3)cc2)C(=O)NCCN(C)C)ccc1OC. The molecule has 0 aromatic heterocycles. The molecule has 0 unspecified atom stereocenters. The Kier molecular flexibility index (Phi) is 10.7. The summed E-state index contributed by atoms with van der Waals surface area (Å²) in [6.45, 7) is 1.27. The zero-order valence-corrected chi connectivity index (χ0v) is 23.0. The predicted molar refractivity (Wildman–Crippen MR) is 147 cm³/mol. The van der Waals surface area contributed by atoms with Gasteiger partial charge in [0.2, 0.25) is 5.91 Å². The summed E-state index contributed by atoms with van der Waals surface area (Å²) in [7, 11) is 6.84. The first kappa shape index (κ1) is 30.6. The summed E-state index contributed by atoms with van der Waals surface area (Å²) in [5.41, 5.74) is 2.08. The molecule has 0 aliphatic carbocycles. The highest BCUT2D eigenvalue weighted by Gasteiger charge is 2.30. The number of likely N-dealkylation sites (N-methyl/N-ethyl adjacent to an activating group) is 1. The van der Waals surface area contributed by atoms with E-state index < -0.39 is 23.7 Å². The number of hydrogen-bond donors (Lipinski definition) is 2. The lowest BCUT2D eigenvalue weighted by molar-refractivity contribution is -0.137. The maximum Gasteiger partial charge on any atom is 0.416 e. The molecule has 0 saturated heterocycles. The van der Waals surface area contributed by atoms with Crippen molar-refractivity contribution in [3.8, 4) is 16.9 Å². The Balaban J connectivity index is 1.81. The molecule has 3 rings (SSSR count). The van der Waals surface area contributed by atoms with Gasteiger partial charge in [-0.3, -0.25) is 9.59 Å². The molecule has 2 amide bonds. The summed E-state index contributed by atoms with van der Waals surface area (Å²) in [5.74, 6) is -0.201. The Morgan fingerprint density at radius 2 is 1.68 bits per heavy atom. The number of methoxy groups -OCH3 is 2. The van der Waals surface area contributed by atoms with Crippen molar-refractivity contribution >= 4 is 11.8 Å². The van der Waals surface area contributed by atoms with Gasteiger partial charge in [0.05, 0.1) is 19.3 Å². The summed E-state index contributed by atoms with van der Waals surface area (Å²) in [6, 6.07) is 16.0. The number of halogens is 3. The number of alkyl halides is 3. The number of nitrogens with zero attached hydrogens (tertiary/aromatic N) is 1. The second kappa shape index (κ2) is 14.0. The Bertz CT molecular complexity index is 1290. The number of hydrogen-bond acceptors (Lipinski definition) is 5. The average Bonchev–Trinajstić information content (AvgIpc) is 2.92. The van der Waals surface area contributed by atoms with Gasteiger partial charge in [-0.25, -0.2) is 0 Å². The fraction of sp³-hybridized carbons (Fsp3) is 0.333. The van der Waals surface area contributed by atoms with Gasteiger partial charge in [-0.2, -0.15) is 13.2 Å². The van der Waals surface area contributed by atoms with Gasteiger partial charge in [0.15, 0.2) is 0 Å². The van der Waals surface area contributed by atoms with E-state index in [1.807, 2.05) is 19.0 Å². The third-order valence-electron chi connectivity index (χ3n) is 6.24. The van der Waals surface area contributed by atoms with Gasteiger partial charge in [-0.1, -0.05) is 36.4 Å². The van der Waals surface area contributed by atoms with Crippen molar-refractivity contribution in [2.24, 2.45) is 0 Å². The maximum absolute atomic E-state index is 13.2. The first-order valence-electron chi connectivity index (χ1n) is 12.7. The van der Waals surface area contributed by atoms with Crippen molar-refractivity contribution in [3.05, 3.63) is 89.0 Å². The van der Waals surface area contributed by atoms with Gasteiger partial charge in [-0.15, -0.1) is 0 Å². The van der Waals surface area contributed by atoms with Gasteiger partial charge in [0.1, 0.15) is 11.8 Å². The highest BCUT2D eigenvalue weighted by molar-refractivity contribution is 5.98. The van der Waals surface area contributed by atoms with Gasteiger partial charge in [0.25, 0.3) is 5.91 Å². The van der Waals surface area contributed by atoms with Crippen LogP contribution in [0.15, 0.2) is 66.7 Å². The Hall–Kier alpha value is -3.89. The van der Waals surface area contributed by atoms with Crippen LogP contribution in [-0.2, 0) is 28.7 Å². The standard InChI is InChI=1S/C30H34F3N3O4/c1-36(2)15-14-34-29(38)26(35-28(37)23-12-13-27(40-4)24(17-23)19-39-3)16-20-8-10-21(11-9-20)22-6-5-7-25(18-22)30(31,32)33/h5-13,17-18,26H,14-16,19H2,1-4H3,(H,34,38)(H,35,37)/t26-/m1/s1. The topological polar surface area (TPSA) is 79.9 Å². The van der Waals surface area contributed by atoms with E-state index in [1.54, 1.807) is 55.6 Å². The molecule has 0 radical (unpaired) electrons. The molecule has 0 aliphatic heterocycles. The van der Waals surface area contributed by atoms with Crippen molar-refractivity contribution < 1.29 is 32.2 Å². The number of nitrogens with one attached hydrogen (secondary N) is 2. The Morgan fingerprint density at radius 3 is 2.30 bits per heavy atom. The highest BCUT2D eigenvalue weighted by atomic mass is 19.4. The van der Waals surface area contributed by atoms with Crippen molar-refractivity contribution in [3.63, 3.8) is 0 Å². The molecule has 3 aromatic rings. The van der Waals surface area contributed by atoms with Gasteiger partial charge in [0, 0.05) is 37.7 Å². The molecule has 40 heavy (non-hydrogen) atoms. The van der Waals surface area contributed by atoms with Crippen molar-refractivity contribution in [1.82, 2.24) is 15.5 Å².